The van der Waals surface area contributed by atoms with Gasteiger partial charge in [0.05, 0.1) is 4.90 Å². The fourth-order valence-corrected chi connectivity index (χ4v) is 2.89. The third-order valence-corrected chi connectivity index (χ3v) is 4.64. The summed E-state index contributed by atoms with van der Waals surface area (Å²) in [5.41, 5.74) is 5.14. The lowest BCUT2D eigenvalue weighted by Crippen LogP contribution is -2.36. The fraction of sp³-hybridized carbons (Fsp3) is 0.500. The van der Waals surface area contributed by atoms with Gasteiger partial charge in [-0.25, -0.2) is 13.1 Å². The van der Waals surface area contributed by atoms with Crippen molar-refractivity contribution in [1.82, 2.24) is 10.0 Å². The minimum atomic E-state index is -3.66. The van der Waals surface area contributed by atoms with Crippen LogP contribution in [0.3, 0.4) is 0 Å². The van der Waals surface area contributed by atoms with E-state index in [0.717, 1.165) is 0 Å². The fourth-order valence-electron chi connectivity index (χ4n) is 1.80. The summed E-state index contributed by atoms with van der Waals surface area (Å²) in [6.45, 7) is 5.88. The first-order valence-corrected chi connectivity index (χ1v) is 9.42. The molecule has 0 spiro atoms. The molecule has 26 heavy (non-hydrogen) atoms. The van der Waals surface area contributed by atoms with Gasteiger partial charge in [-0.2, -0.15) is 0 Å². The Balaban J connectivity index is 0.00000625. The van der Waals surface area contributed by atoms with Gasteiger partial charge in [-0.3, -0.25) is 9.59 Å². The summed E-state index contributed by atoms with van der Waals surface area (Å²) in [5, 5.41) is 5.30. The van der Waals surface area contributed by atoms with E-state index in [9.17, 15) is 18.0 Å². The number of carbonyl (C=O) groups excluding carboxylic acids is 2. The SMILES string of the molecule is CC(C)(C)C(=O)NCCC(=O)Nc1cccc(S(=O)(=O)NCCN)c1.Cl. The Morgan fingerprint density at radius 3 is 2.38 bits per heavy atom. The van der Waals surface area contributed by atoms with E-state index in [0.29, 0.717) is 5.69 Å². The van der Waals surface area contributed by atoms with Crippen LogP contribution < -0.4 is 21.1 Å². The maximum absolute atomic E-state index is 12.0. The number of carbonyl (C=O) groups is 2. The monoisotopic (exact) mass is 406 g/mol. The van der Waals surface area contributed by atoms with Crippen LogP contribution in [0.2, 0.25) is 0 Å². The van der Waals surface area contributed by atoms with Crippen LogP contribution in [0.5, 0.6) is 0 Å². The summed E-state index contributed by atoms with van der Waals surface area (Å²) >= 11 is 0. The standard InChI is InChI=1S/C16H26N4O4S.ClH/c1-16(2,3)15(22)18-9-7-14(21)20-12-5-4-6-13(11-12)25(23,24)19-10-8-17;/h4-6,11,19H,7-10,17H2,1-3H3,(H,18,22)(H,20,21);1H. The molecule has 1 aromatic rings. The van der Waals surface area contributed by atoms with Crippen LogP contribution in [0.4, 0.5) is 5.69 Å². The number of nitrogens with one attached hydrogen (secondary N) is 3. The number of amides is 2. The van der Waals surface area contributed by atoms with Crippen LogP contribution in [0.1, 0.15) is 27.2 Å². The van der Waals surface area contributed by atoms with Crippen LogP contribution in [0.25, 0.3) is 0 Å². The number of halogens is 1. The molecule has 10 heteroatoms. The molecule has 0 bridgehead atoms. The van der Waals surface area contributed by atoms with Gasteiger partial charge in [0.1, 0.15) is 0 Å². The number of hydrogen-bond donors (Lipinski definition) is 4. The van der Waals surface area contributed by atoms with E-state index in [4.69, 9.17) is 5.73 Å². The summed E-state index contributed by atoms with van der Waals surface area (Å²) in [7, 11) is -3.66. The molecule has 0 fully saturated rings. The summed E-state index contributed by atoms with van der Waals surface area (Å²) < 4.78 is 26.4. The Kier molecular flexibility index (Phi) is 9.79. The molecule has 8 nitrogen and oxygen atoms in total. The van der Waals surface area contributed by atoms with Gasteiger partial charge in [0.25, 0.3) is 0 Å². The largest absolute Gasteiger partial charge is 0.355 e. The van der Waals surface area contributed by atoms with Crippen molar-refractivity contribution in [3.8, 4) is 0 Å². The second-order valence-electron chi connectivity index (χ2n) is 6.52. The maximum Gasteiger partial charge on any atom is 0.240 e. The van der Waals surface area contributed by atoms with Crippen molar-refractivity contribution in [3.63, 3.8) is 0 Å². The van der Waals surface area contributed by atoms with Crippen molar-refractivity contribution in [1.29, 1.82) is 0 Å². The highest BCUT2D eigenvalue weighted by Gasteiger charge is 2.20. The van der Waals surface area contributed by atoms with Crippen molar-refractivity contribution in [2.45, 2.75) is 32.1 Å². The van der Waals surface area contributed by atoms with E-state index in [1.165, 1.54) is 18.2 Å². The third kappa shape index (κ3) is 8.13. The highest BCUT2D eigenvalue weighted by Crippen LogP contribution is 2.15. The molecule has 1 rings (SSSR count). The second-order valence-corrected chi connectivity index (χ2v) is 8.29. The number of benzene rings is 1. The third-order valence-electron chi connectivity index (χ3n) is 3.18. The molecule has 0 aromatic heterocycles. The van der Waals surface area contributed by atoms with Crippen LogP contribution in [0, 0.1) is 5.41 Å². The van der Waals surface area contributed by atoms with Gasteiger partial charge in [-0.1, -0.05) is 26.8 Å². The molecule has 0 saturated carbocycles. The number of nitrogens with two attached hydrogens (primary N) is 1. The molecule has 0 saturated heterocycles. The first-order valence-electron chi connectivity index (χ1n) is 7.94. The Hall–Kier alpha value is -1.68. The average molecular weight is 407 g/mol. The topological polar surface area (TPSA) is 130 Å². The van der Waals surface area contributed by atoms with Gasteiger partial charge in [-0.05, 0) is 18.2 Å². The molecule has 5 N–H and O–H groups in total. The van der Waals surface area contributed by atoms with Gasteiger partial charge in [0.15, 0.2) is 0 Å². The van der Waals surface area contributed by atoms with Crippen molar-refractivity contribution in [3.05, 3.63) is 24.3 Å². The molecule has 0 aliphatic heterocycles. The van der Waals surface area contributed by atoms with Gasteiger partial charge in [0.2, 0.25) is 21.8 Å². The molecule has 1 aromatic carbocycles. The predicted octanol–water partition coefficient (Wildman–Crippen LogP) is 0.836. The minimum Gasteiger partial charge on any atom is -0.355 e. The first kappa shape index (κ1) is 24.3. The first-order chi connectivity index (χ1) is 11.6. The average Bonchev–Trinajstić information content (AvgIpc) is 2.52. The van der Waals surface area contributed by atoms with Crippen molar-refractivity contribution in [2.75, 3.05) is 25.0 Å². The highest BCUT2D eigenvalue weighted by atomic mass is 35.5. The molecular weight excluding hydrogens is 380 g/mol. The molecule has 0 atom stereocenters. The number of sulfonamides is 1. The Bertz CT molecular complexity index is 717. The molecule has 0 aliphatic carbocycles. The van der Waals surface area contributed by atoms with Crippen LogP contribution in [-0.4, -0.2) is 39.9 Å². The maximum atomic E-state index is 12.0. The lowest BCUT2D eigenvalue weighted by Gasteiger charge is -2.17. The van der Waals surface area contributed by atoms with E-state index < -0.39 is 15.4 Å². The zero-order valence-corrected chi connectivity index (χ0v) is 16.8. The van der Waals surface area contributed by atoms with Crippen molar-refractivity contribution < 1.29 is 18.0 Å². The number of anilines is 1. The quantitative estimate of drug-likeness (QED) is 0.508. The zero-order chi connectivity index (χ0) is 19.1. The lowest BCUT2D eigenvalue weighted by molar-refractivity contribution is -0.128. The molecule has 0 unspecified atom stereocenters. The summed E-state index contributed by atoms with van der Waals surface area (Å²) in [5.74, 6) is -0.460. The Morgan fingerprint density at radius 2 is 1.81 bits per heavy atom. The summed E-state index contributed by atoms with van der Waals surface area (Å²) in [4.78, 5) is 23.7. The number of rotatable bonds is 8. The molecule has 0 aliphatic rings. The number of hydrogen-bond acceptors (Lipinski definition) is 5. The smallest absolute Gasteiger partial charge is 0.240 e. The van der Waals surface area contributed by atoms with Crippen LogP contribution >= 0.6 is 12.4 Å². The van der Waals surface area contributed by atoms with Gasteiger partial charge in [0, 0.05) is 37.2 Å². The second kappa shape index (κ2) is 10.5. The van der Waals surface area contributed by atoms with Crippen LogP contribution in [0.15, 0.2) is 29.2 Å². The molecule has 0 radical (unpaired) electrons. The van der Waals surface area contributed by atoms with Gasteiger partial charge < -0.3 is 16.4 Å². The van der Waals surface area contributed by atoms with Crippen molar-refractivity contribution in [2.24, 2.45) is 11.1 Å². The van der Waals surface area contributed by atoms with E-state index in [-0.39, 0.29) is 55.2 Å². The molecular formula is C16H27ClN4O4S. The van der Waals surface area contributed by atoms with Gasteiger partial charge >= 0.3 is 0 Å². The summed E-state index contributed by atoms with van der Waals surface area (Å²) in [6, 6.07) is 5.92. The molecule has 2 amide bonds. The predicted molar refractivity (Wildman–Crippen MR) is 104 cm³/mol. The Morgan fingerprint density at radius 1 is 1.15 bits per heavy atom. The normalized spacial score (nSPS) is 11.4. The van der Waals surface area contributed by atoms with Crippen LogP contribution in [-0.2, 0) is 19.6 Å². The van der Waals surface area contributed by atoms with Crippen molar-refractivity contribution >= 4 is 39.9 Å². The zero-order valence-electron chi connectivity index (χ0n) is 15.2. The molecule has 0 heterocycles. The van der Waals surface area contributed by atoms with E-state index >= 15 is 0 Å². The van der Waals surface area contributed by atoms with E-state index in [1.807, 2.05) is 0 Å². The molecule has 148 valence electrons. The summed E-state index contributed by atoms with van der Waals surface area (Å²) in [6.07, 6.45) is 0.0875. The minimum absolute atomic E-state index is 0. The Labute approximate surface area is 160 Å². The van der Waals surface area contributed by atoms with Gasteiger partial charge in [-0.15, -0.1) is 12.4 Å². The highest BCUT2D eigenvalue weighted by molar-refractivity contribution is 7.89. The van der Waals surface area contributed by atoms with E-state index in [1.54, 1.807) is 26.8 Å². The lowest BCUT2D eigenvalue weighted by atomic mass is 9.96. The van der Waals surface area contributed by atoms with E-state index in [2.05, 4.69) is 15.4 Å².